The molecule has 0 spiro atoms. The molecule has 1 nitrogen and oxygen atoms in total. The van der Waals surface area contributed by atoms with Crippen molar-refractivity contribution < 1.29 is 5.11 Å². The molecule has 1 N–H and O–H groups in total. The van der Waals surface area contributed by atoms with Crippen LogP contribution >= 0.6 is 0 Å². The Morgan fingerprint density at radius 3 is 1.48 bits per heavy atom. The van der Waals surface area contributed by atoms with Gasteiger partial charge in [-0.05, 0) is 24.0 Å². The molecule has 0 aliphatic heterocycles. The van der Waals surface area contributed by atoms with Crippen molar-refractivity contribution in [3.8, 4) is 5.75 Å². The first kappa shape index (κ1) is 24.1. The van der Waals surface area contributed by atoms with Crippen LogP contribution in [0, 0.1) is 0 Å². The highest BCUT2D eigenvalue weighted by atomic mass is 16.3. The van der Waals surface area contributed by atoms with Crippen LogP contribution in [0.5, 0.6) is 5.75 Å². The minimum Gasteiger partial charge on any atom is -0.508 e. The minimum atomic E-state index is 0.460. The van der Waals surface area contributed by atoms with E-state index in [4.69, 9.17) is 0 Å². The van der Waals surface area contributed by atoms with Gasteiger partial charge in [-0.15, -0.1) is 0 Å². The molecule has 0 aliphatic carbocycles. The number of aromatic hydroxyl groups is 1. The van der Waals surface area contributed by atoms with Gasteiger partial charge in [-0.25, -0.2) is 0 Å². The third kappa shape index (κ3) is 12.9. The Kier molecular flexibility index (Phi) is 15.3. The quantitative estimate of drug-likeness (QED) is 0.254. The van der Waals surface area contributed by atoms with Gasteiger partial charge in [-0.1, -0.05) is 135 Å². The van der Waals surface area contributed by atoms with E-state index < -0.39 is 0 Å². The van der Waals surface area contributed by atoms with Crippen LogP contribution in [-0.4, -0.2) is 5.11 Å². The molecule has 27 heavy (non-hydrogen) atoms. The molecule has 1 heteroatoms. The van der Waals surface area contributed by atoms with Crippen molar-refractivity contribution >= 4 is 0 Å². The molecule has 0 radical (unpaired) electrons. The fourth-order valence-corrected chi connectivity index (χ4v) is 4.06. The third-order valence-electron chi connectivity index (χ3n) is 5.96. The second-order valence-electron chi connectivity index (χ2n) is 8.55. The van der Waals surface area contributed by atoms with E-state index in [2.05, 4.69) is 19.9 Å². The molecule has 0 aliphatic rings. The summed E-state index contributed by atoms with van der Waals surface area (Å²) in [5.74, 6) is 0.930. The Bertz CT molecular complexity index is 440. The molecule has 1 rings (SSSR count). The SMILES string of the molecule is CCCCCCCCCCCCCCCCCCC(C)c1ccccc1O. The number of unbranched alkanes of at least 4 members (excludes halogenated alkanes) is 15. The van der Waals surface area contributed by atoms with Crippen LogP contribution in [-0.2, 0) is 0 Å². The molecule has 0 saturated carbocycles. The van der Waals surface area contributed by atoms with Crippen LogP contribution in [0.1, 0.15) is 134 Å². The van der Waals surface area contributed by atoms with Gasteiger partial charge in [0.25, 0.3) is 0 Å². The second kappa shape index (κ2) is 17.1. The first-order valence-electron chi connectivity index (χ1n) is 12.0. The molecular formula is C26H46O. The van der Waals surface area contributed by atoms with E-state index >= 15 is 0 Å². The van der Waals surface area contributed by atoms with Crippen molar-refractivity contribution in [2.24, 2.45) is 0 Å². The van der Waals surface area contributed by atoms with Crippen LogP contribution in [0.2, 0.25) is 0 Å². The van der Waals surface area contributed by atoms with Gasteiger partial charge in [-0.2, -0.15) is 0 Å². The Balaban J connectivity index is 1.81. The van der Waals surface area contributed by atoms with E-state index in [-0.39, 0.29) is 0 Å². The maximum Gasteiger partial charge on any atom is 0.119 e. The van der Waals surface area contributed by atoms with Gasteiger partial charge in [0.15, 0.2) is 0 Å². The summed E-state index contributed by atoms with van der Waals surface area (Å²) in [4.78, 5) is 0. The summed E-state index contributed by atoms with van der Waals surface area (Å²) in [6, 6.07) is 7.80. The zero-order valence-electron chi connectivity index (χ0n) is 18.4. The lowest BCUT2D eigenvalue weighted by Crippen LogP contribution is -1.94. The predicted octanol–water partition coefficient (Wildman–Crippen LogP) is 9.15. The van der Waals surface area contributed by atoms with E-state index in [1.165, 1.54) is 109 Å². The summed E-state index contributed by atoms with van der Waals surface area (Å²) < 4.78 is 0. The van der Waals surface area contributed by atoms with Crippen molar-refractivity contribution in [1.29, 1.82) is 0 Å². The number of rotatable bonds is 18. The second-order valence-corrected chi connectivity index (χ2v) is 8.55. The lowest BCUT2D eigenvalue weighted by Gasteiger charge is -2.13. The number of hydrogen-bond acceptors (Lipinski definition) is 1. The zero-order valence-corrected chi connectivity index (χ0v) is 18.4. The molecule has 0 fully saturated rings. The van der Waals surface area contributed by atoms with E-state index in [0.29, 0.717) is 11.7 Å². The molecule has 1 aromatic carbocycles. The topological polar surface area (TPSA) is 20.2 Å². The molecule has 0 saturated heterocycles. The maximum absolute atomic E-state index is 9.92. The first-order valence-corrected chi connectivity index (χ1v) is 12.0. The molecule has 0 bridgehead atoms. The van der Waals surface area contributed by atoms with Gasteiger partial charge in [-0.3, -0.25) is 0 Å². The lowest BCUT2D eigenvalue weighted by molar-refractivity contribution is 0.457. The summed E-state index contributed by atoms with van der Waals surface area (Å²) in [7, 11) is 0. The number of hydrogen-bond donors (Lipinski definition) is 1. The highest BCUT2D eigenvalue weighted by molar-refractivity contribution is 5.34. The number of benzene rings is 1. The monoisotopic (exact) mass is 374 g/mol. The normalized spacial score (nSPS) is 12.4. The van der Waals surface area contributed by atoms with Crippen LogP contribution in [0.3, 0.4) is 0 Å². The zero-order chi connectivity index (χ0) is 19.6. The molecule has 0 amide bonds. The lowest BCUT2D eigenvalue weighted by atomic mass is 9.94. The van der Waals surface area contributed by atoms with Crippen LogP contribution in [0.25, 0.3) is 0 Å². The fourth-order valence-electron chi connectivity index (χ4n) is 4.06. The molecule has 156 valence electrons. The molecular weight excluding hydrogens is 328 g/mol. The van der Waals surface area contributed by atoms with E-state index in [1.54, 1.807) is 6.07 Å². The summed E-state index contributed by atoms with van der Waals surface area (Å²) in [6.45, 7) is 4.53. The minimum absolute atomic E-state index is 0.460. The molecule has 1 aromatic rings. The number of para-hydroxylation sites is 1. The van der Waals surface area contributed by atoms with Crippen molar-refractivity contribution in [1.82, 2.24) is 0 Å². The summed E-state index contributed by atoms with van der Waals surface area (Å²) >= 11 is 0. The number of phenolic OH excluding ortho intramolecular Hbond substituents is 1. The largest absolute Gasteiger partial charge is 0.508 e. The van der Waals surface area contributed by atoms with Gasteiger partial charge in [0, 0.05) is 0 Å². The molecule has 0 aromatic heterocycles. The Morgan fingerprint density at radius 1 is 0.630 bits per heavy atom. The van der Waals surface area contributed by atoms with Gasteiger partial charge in [0.1, 0.15) is 5.75 Å². The highest BCUT2D eigenvalue weighted by Gasteiger charge is 2.08. The molecule has 1 unspecified atom stereocenters. The van der Waals surface area contributed by atoms with Gasteiger partial charge >= 0.3 is 0 Å². The Hall–Kier alpha value is -0.980. The summed E-state index contributed by atoms with van der Waals surface area (Å²) in [6.07, 6.45) is 23.9. The average Bonchev–Trinajstić information content (AvgIpc) is 2.68. The fraction of sp³-hybridized carbons (Fsp3) is 0.769. The predicted molar refractivity (Wildman–Crippen MR) is 121 cm³/mol. The van der Waals surface area contributed by atoms with Gasteiger partial charge in [0.2, 0.25) is 0 Å². The standard InChI is InChI=1S/C26H46O/c1-3-4-5-6-7-8-9-10-11-12-13-14-15-16-17-18-21-24(2)25-22-19-20-23-26(25)27/h19-20,22-24,27H,3-18,21H2,1-2H3. The molecule has 1 atom stereocenters. The summed E-state index contributed by atoms with van der Waals surface area (Å²) in [5, 5.41) is 9.92. The Labute approximate surface area is 170 Å². The van der Waals surface area contributed by atoms with Gasteiger partial charge < -0.3 is 5.11 Å². The number of phenols is 1. The third-order valence-corrected chi connectivity index (χ3v) is 5.96. The van der Waals surface area contributed by atoms with E-state index in [1.807, 2.05) is 12.1 Å². The highest BCUT2D eigenvalue weighted by Crippen LogP contribution is 2.29. The first-order chi connectivity index (χ1) is 13.3. The Morgan fingerprint density at radius 2 is 1.04 bits per heavy atom. The van der Waals surface area contributed by atoms with Crippen molar-refractivity contribution in [3.05, 3.63) is 29.8 Å². The van der Waals surface area contributed by atoms with Crippen LogP contribution in [0.4, 0.5) is 0 Å². The van der Waals surface area contributed by atoms with Crippen molar-refractivity contribution in [2.45, 2.75) is 129 Å². The summed E-state index contributed by atoms with van der Waals surface area (Å²) in [5.41, 5.74) is 1.11. The van der Waals surface area contributed by atoms with E-state index in [9.17, 15) is 5.11 Å². The average molecular weight is 375 g/mol. The van der Waals surface area contributed by atoms with Crippen molar-refractivity contribution in [2.75, 3.05) is 0 Å². The van der Waals surface area contributed by atoms with Crippen molar-refractivity contribution in [3.63, 3.8) is 0 Å². The smallest absolute Gasteiger partial charge is 0.119 e. The maximum atomic E-state index is 9.92. The van der Waals surface area contributed by atoms with Crippen LogP contribution in [0.15, 0.2) is 24.3 Å². The van der Waals surface area contributed by atoms with Crippen LogP contribution < -0.4 is 0 Å². The van der Waals surface area contributed by atoms with E-state index in [0.717, 1.165) is 5.56 Å². The van der Waals surface area contributed by atoms with Gasteiger partial charge in [0.05, 0.1) is 0 Å². The molecule has 0 heterocycles.